The molecule has 1 N–H and O–H groups in total. The molecule has 3 nitrogen and oxygen atoms in total. The zero-order valence-corrected chi connectivity index (χ0v) is 14.7. The molecule has 0 saturated heterocycles. The topological polar surface area (TPSA) is 38.3 Å². The number of ether oxygens (including phenoxy) is 1. The summed E-state index contributed by atoms with van der Waals surface area (Å²) in [6.45, 7) is 4.59. The van der Waals surface area contributed by atoms with Crippen molar-refractivity contribution < 1.29 is 9.53 Å². The standard InChI is InChI=1S/C18H19Cl2NO2/c1-3-4-8-23-17-15(19)10-13(11-16(17)20)18(22)21-14-7-5-6-12(2)9-14/h5-7,9-11H,3-4,8H2,1-2H3,(H,21,22). The van der Waals surface area contributed by atoms with E-state index in [9.17, 15) is 4.79 Å². The van der Waals surface area contributed by atoms with Crippen molar-refractivity contribution in [1.29, 1.82) is 0 Å². The molecule has 0 saturated carbocycles. The van der Waals surface area contributed by atoms with Crippen molar-refractivity contribution in [3.05, 3.63) is 57.6 Å². The SMILES string of the molecule is CCCCOc1c(Cl)cc(C(=O)Nc2cccc(C)c2)cc1Cl. The van der Waals surface area contributed by atoms with Crippen molar-refractivity contribution in [3.8, 4) is 5.75 Å². The van der Waals surface area contributed by atoms with Gasteiger partial charge in [-0.2, -0.15) is 0 Å². The number of hydrogen-bond acceptors (Lipinski definition) is 2. The predicted molar refractivity (Wildman–Crippen MR) is 96.0 cm³/mol. The predicted octanol–water partition coefficient (Wildman–Crippen LogP) is 5.73. The van der Waals surface area contributed by atoms with Crippen molar-refractivity contribution in [3.63, 3.8) is 0 Å². The number of carbonyl (C=O) groups excluding carboxylic acids is 1. The summed E-state index contributed by atoms with van der Waals surface area (Å²) in [6.07, 6.45) is 1.94. The zero-order chi connectivity index (χ0) is 16.8. The first-order valence-corrected chi connectivity index (χ1v) is 8.26. The van der Waals surface area contributed by atoms with Gasteiger partial charge in [0.2, 0.25) is 0 Å². The number of nitrogens with one attached hydrogen (secondary N) is 1. The van der Waals surface area contributed by atoms with Crippen LogP contribution in [-0.4, -0.2) is 12.5 Å². The van der Waals surface area contributed by atoms with Crippen molar-refractivity contribution in [2.75, 3.05) is 11.9 Å². The molecule has 0 fully saturated rings. The monoisotopic (exact) mass is 351 g/mol. The van der Waals surface area contributed by atoms with Gasteiger partial charge in [0.25, 0.3) is 5.91 Å². The van der Waals surface area contributed by atoms with Gasteiger partial charge >= 0.3 is 0 Å². The largest absolute Gasteiger partial charge is 0.490 e. The molecule has 0 aliphatic carbocycles. The summed E-state index contributed by atoms with van der Waals surface area (Å²) in [5.41, 5.74) is 2.19. The zero-order valence-electron chi connectivity index (χ0n) is 13.2. The van der Waals surface area contributed by atoms with Gasteiger partial charge in [0, 0.05) is 11.3 Å². The Hall–Kier alpha value is -1.71. The molecule has 0 heterocycles. The highest BCUT2D eigenvalue weighted by molar-refractivity contribution is 6.37. The molecule has 2 aromatic rings. The maximum Gasteiger partial charge on any atom is 0.255 e. The molecule has 23 heavy (non-hydrogen) atoms. The van der Waals surface area contributed by atoms with E-state index in [1.165, 1.54) is 0 Å². The van der Waals surface area contributed by atoms with E-state index in [-0.39, 0.29) is 5.91 Å². The van der Waals surface area contributed by atoms with E-state index in [1.54, 1.807) is 12.1 Å². The molecule has 5 heteroatoms. The number of unbranched alkanes of at least 4 members (excludes halogenated alkanes) is 1. The van der Waals surface area contributed by atoms with Gasteiger partial charge in [0.05, 0.1) is 16.7 Å². The molecule has 0 bridgehead atoms. The van der Waals surface area contributed by atoms with Gasteiger partial charge in [0.1, 0.15) is 0 Å². The van der Waals surface area contributed by atoms with Crippen LogP contribution in [0.3, 0.4) is 0 Å². The molecule has 0 radical (unpaired) electrons. The van der Waals surface area contributed by atoms with Crippen LogP contribution in [0.4, 0.5) is 5.69 Å². The van der Waals surface area contributed by atoms with Crippen LogP contribution in [0.25, 0.3) is 0 Å². The molecule has 0 atom stereocenters. The van der Waals surface area contributed by atoms with Crippen LogP contribution < -0.4 is 10.1 Å². The molecule has 0 unspecified atom stereocenters. The van der Waals surface area contributed by atoms with Gasteiger partial charge in [-0.05, 0) is 43.2 Å². The van der Waals surface area contributed by atoms with E-state index in [0.29, 0.717) is 28.0 Å². The third kappa shape index (κ3) is 4.88. The summed E-state index contributed by atoms with van der Waals surface area (Å²) >= 11 is 12.4. The highest BCUT2D eigenvalue weighted by atomic mass is 35.5. The lowest BCUT2D eigenvalue weighted by atomic mass is 10.1. The van der Waals surface area contributed by atoms with Crippen LogP contribution in [-0.2, 0) is 0 Å². The molecule has 2 aromatic carbocycles. The number of benzene rings is 2. The number of rotatable bonds is 6. The maximum atomic E-state index is 12.3. The molecule has 0 aromatic heterocycles. The Morgan fingerprint density at radius 2 is 1.87 bits per heavy atom. The van der Waals surface area contributed by atoms with E-state index < -0.39 is 0 Å². The first-order valence-electron chi connectivity index (χ1n) is 7.51. The van der Waals surface area contributed by atoms with E-state index in [2.05, 4.69) is 12.2 Å². The molecule has 0 aliphatic rings. The maximum absolute atomic E-state index is 12.3. The van der Waals surface area contributed by atoms with E-state index in [1.807, 2.05) is 31.2 Å². The van der Waals surface area contributed by atoms with E-state index in [4.69, 9.17) is 27.9 Å². The Kier molecular flexibility index (Phi) is 6.31. The lowest BCUT2D eigenvalue weighted by molar-refractivity contribution is 0.102. The average molecular weight is 352 g/mol. The summed E-state index contributed by atoms with van der Waals surface area (Å²) in [6, 6.07) is 10.7. The Bertz CT molecular complexity index is 678. The minimum atomic E-state index is -0.264. The number of hydrogen-bond donors (Lipinski definition) is 1. The lowest BCUT2D eigenvalue weighted by Crippen LogP contribution is -2.12. The highest BCUT2D eigenvalue weighted by Gasteiger charge is 2.14. The molecule has 2 rings (SSSR count). The van der Waals surface area contributed by atoms with Crippen LogP contribution >= 0.6 is 23.2 Å². The average Bonchev–Trinajstić information content (AvgIpc) is 2.50. The number of aryl methyl sites for hydroxylation is 1. The van der Waals surface area contributed by atoms with Crippen LogP contribution in [0, 0.1) is 6.92 Å². The summed E-state index contributed by atoms with van der Waals surface area (Å²) in [7, 11) is 0. The van der Waals surface area contributed by atoms with E-state index in [0.717, 1.165) is 24.1 Å². The van der Waals surface area contributed by atoms with Gasteiger partial charge in [-0.15, -0.1) is 0 Å². The van der Waals surface area contributed by atoms with Gasteiger partial charge in [0.15, 0.2) is 5.75 Å². The summed E-state index contributed by atoms with van der Waals surface area (Å²) < 4.78 is 5.58. The fourth-order valence-corrected chi connectivity index (χ4v) is 2.67. The third-order valence-corrected chi connectivity index (χ3v) is 3.84. The van der Waals surface area contributed by atoms with Crippen LogP contribution in [0.5, 0.6) is 5.75 Å². The smallest absolute Gasteiger partial charge is 0.255 e. The Labute approximate surface area is 146 Å². The number of amides is 1. The molecule has 0 spiro atoms. The Balaban J connectivity index is 2.15. The second-order valence-electron chi connectivity index (χ2n) is 5.29. The van der Waals surface area contributed by atoms with Gasteiger partial charge in [-0.3, -0.25) is 4.79 Å². The fraction of sp³-hybridized carbons (Fsp3) is 0.278. The van der Waals surface area contributed by atoms with Crippen molar-refractivity contribution in [2.45, 2.75) is 26.7 Å². The van der Waals surface area contributed by atoms with Gasteiger partial charge < -0.3 is 10.1 Å². The van der Waals surface area contributed by atoms with Crippen molar-refractivity contribution in [2.24, 2.45) is 0 Å². The minimum Gasteiger partial charge on any atom is -0.490 e. The lowest BCUT2D eigenvalue weighted by Gasteiger charge is -2.12. The highest BCUT2D eigenvalue weighted by Crippen LogP contribution is 2.34. The first-order chi connectivity index (χ1) is 11.0. The van der Waals surface area contributed by atoms with Crippen LogP contribution in [0.15, 0.2) is 36.4 Å². The number of anilines is 1. The normalized spacial score (nSPS) is 10.4. The summed E-state index contributed by atoms with van der Waals surface area (Å²) in [5.74, 6) is 0.161. The molecule has 1 amide bonds. The quantitative estimate of drug-likeness (QED) is 0.674. The second kappa shape index (κ2) is 8.23. The molecule has 122 valence electrons. The molecular formula is C18H19Cl2NO2. The second-order valence-corrected chi connectivity index (χ2v) is 6.11. The third-order valence-electron chi connectivity index (χ3n) is 3.28. The van der Waals surface area contributed by atoms with Crippen LogP contribution in [0.1, 0.15) is 35.7 Å². The molecule has 0 aliphatic heterocycles. The van der Waals surface area contributed by atoms with E-state index >= 15 is 0 Å². The summed E-state index contributed by atoms with van der Waals surface area (Å²) in [5, 5.41) is 3.50. The van der Waals surface area contributed by atoms with Crippen molar-refractivity contribution >= 4 is 34.8 Å². The van der Waals surface area contributed by atoms with Gasteiger partial charge in [-0.25, -0.2) is 0 Å². The van der Waals surface area contributed by atoms with Crippen LogP contribution in [0.2, 0.25) is 10.0 Å². The Morgan fingerprint density at radius 1 is 1.17 bits per heavy atom. The first kappa shape index (κ1) is 17.6. The number of halogens is 2. The fourth-order valence-electron chi connectivity index (χ4n) is 2.07. The van der Waals surface area contributed by atoms with Crippen molar-refractivity contribution in [1.82, 2.24) is 0 Å². The summed E-state index contributed by atoms with van der Waals surface area (Å²) in [4.78, 5) is 12.3. The number of carbonyl (C=O) groups is 1. The molecular weight excluding hydrogens is 333 g/mol. The van der Waals surface area contributed by atoms with Gasteiger partial charge in [-0.1, -0.05) is 48.7 Å². The minimum absolute atomic E-state index is 0.264. The Morgan fingerprint density at radius 3 is 2.48 bits per heavy atom.